The maximum absolute atomic E-state index is 13.4. The number of ether oxygens (including phenoxy) is 1. The van der Waals surface area contributed by atoms with Crippen LogP contribution in [0.2, 0.25) is 0 Å². The smallest absolute Gasteiger partial charge is 0.397 e. The molecule has 0 unspecified atom stereocenters. The Hall–Kier alpha value is -3.62. The van der Waals surface area contributed by atoms with E-state index in [4.69, 9.17) is 9.72 Å². The monoisotopic (exact) mass is 596 g/mol. The third-order valence-electron chi connectivity index (χ3n) is 7.73. The zero-order valence-electron chi connectivity index (χ0n) is 23.4. The second kappa shape index (κ2) is 9.74. The molecule has 0 bridgehead atoms. The molecule has 1 aliphatic carbocycles. The number of hydrogen-bond acceptors (Lipinski definition) is 7. The van der Waals surface area contributed by atoms with E-state index in [1.807, 2.05) is 18.7 Å². The van der Waals surface area contributed by atoms with E-state index in [0.717, 1.165) is 6.42 Å². The number of aryl methyl sites for hydroxylation is 2. The Morgan fingerprint density at radius 2 is 1.98 bits per heavy atom. The van der Waals surface area contributed by atoms with Crippen LogP contribution in [0.1, 0.15) is 56.1 Å². The Labute approximate surface area is 235 Å². The lowest BCUT2D eigenvalue weighted by atomic mass is 9.97. The molecule has 2 aliphatic rings. The Bertz CT molecular complexity index is 1590. The number of aromatic amines is 1. The molecule has 222 valence electrons. The average Bonchev–Trinajstić information content (AvgIpc) is 3.24. The highest BCUT2D eigenvalue weighted by Gasteiger charge is 2.64. The lowest BCUT2D eigenvalue weighted by Gasteiger charge is -2.34. The molecule has 3 aromatic rings. The van der Waals surface area contributed by atoms with Gasteiger partial charge in [-0.3, -0.25) is 4.79 Å². The number of hydrogen-bond donors (Lipinski definition) is 2. The zero-order valence-corrected chi connectivity index (χ0v) is 24.2. The second-order valence-electron chi connectivity index (χ2n) is 11.7. The molecule has 11 nitrogen and oxygen atoms in total. The summed E-state index contributed by atoms with van der Waals surface area (Å²) in [5.74, 6) is 0.0135. The van der Waals surface area contributed by atoms with Crippen LogP contribution in [0.4, 0.5) is 19.0 Å². The largest absolute Gasteiger partial charge is 0.476 e. The highest BCUT2D eigenvalue weighted by atomic mass is 32.2. The van der Waals surface area contributed by atoms with E-state index in [-0.39, 0.29) is 46.7 Å². The molecule has 1 saturated carbocycles. The Balaban J connectivity index is 1.45. The molecule has 0 aromatic carbocycles. The SMILES string of the molecule is Cc1[nH][n+](C)cc1S(=O)(=O)NC(=O)c1ccc(-n2ccc(OCC3(C(F)(F)F)CC3)n2)nc1N1C[C@@H](C)CC1(C)C. The van der Waals surface area contributed by atoms with E-state index >= 15 is 0 Å². The minimum absolute atomic E-state index is 0.0157. The molecule has 0 radical (unpaired) electrons. The number of halogens is 3. The standard InChI is InChI=1S/C26H32F3N7O4S/c1-16-12-24(3,4)35(13-16)22-18(23(37)33-41(38,39)19-14-34(5)31-17(19)2)6-7-20(30-22)36-11-8-21(32-36)40-15-25(9-10-25)26(27,28)29/h6-8,11,14,16H,9-10,12-13,15H2,1-5H3,(H,33,37)/p+1/t16-/m0/s1. The number of aromatic nitrogens is 5. The van der Waals surface area contributed by atoms with Gasteiger partial charge in [0.25, 0.3) is 15.9 Å². The van der Waals surface area contributed by atoms with Crippen LogP contribution in [0.25, 0.3) is 5.82 Å². The molecular formula is C26H33F3N7O4S+. The van der Waals surface area contributed by atoms with Gasteiger partial charge in [0.2, 0.25) is 12.1 Å². The molecule has 1 atom stereocenters. The Morgan fingerprint density at radius 1 is 1.27 bits per heavy atom. The zero-order chi connectivity index (χ0) is 30.0. The molecule has 1 aliphatic heterocycles. The summed E-state index contributed by atoms with van der Waals surface area (Å²) in [7, 11) is -2.56. The number of rotatable bonds is 8. The fourth-order valence-electron chi connectivity index (χ4n) is 5.42. The van der Waals surface area contributed by atoms with Crippen LogP contribution >= 0.6 is 0 Å². The molecule has 2 fully saturated rings. The lowest BCUT2D eigenvalue weighted by molar-refractivity contribution is -0.727. The first-order valence-electron chi connectivity index (χ1n) is 13.2. The highest BCUT2D eigenvalue weighted by Crippen LogP contribution is 2.57. The molecule has 4 heterocycles. The van der Waals surface area contributed by atoms with Gasteiger partial charge in [-0.1, -0.05) is 6.92 Å². The molecule has 3 aromatic heterocycles. The molecule has 15 heteroatoms. The summed E-state index contributed by atoms with van der Waals surface area (Å²) in [5, 5.41) is 7.09. The van der Waals surface area contributed by atoms with Gasteiger partial charge >= 0.3 is 6.18 Å². The van der Waals surface area contributed by atoms with E-state index in [0.29, 0.717) is 12.2 Å². The van der Waals surface area contributed by atoms with Gasteiger partial charge in [-0.2, -0.15) is 18.3 Å². The van der Waals surface area contributed by atoms with Crippen LogP contribution in [-0.2, 0) is 17.1 Å². The van der Waals surface area contributed by atoms with Crippen molar-refractivity contribution in [3.8, 4) is 11.7 Å². The molecule has 1 amide bonds. The topological polar surface area (TPSA) is 126 Å². The summed E-state index contributed by atoms with van der Waals surface area (Å²) in [6.07, 6.45) is -0.604. The number of H-pyrrole nitrogens is 1. The number of carbonyl (C=O) groups is 1. The van der Waals surface area contributed by atoms with E-state index in [1.165, 1.54) is 40.0 Å². The van der Waals surface area contributed by atoms with Gasteiger partial charge < -0.3 is 9.64 Å². The van der Waals surface area contributed by atoms with Crippen LogP contribution in [-0.4, -0.2) is 59.1 Å². The van der Waals surface area contributed by atoms with Crippen LogP contribution in [0.15, 0.2) is 35.5 Å². The van der Waals surface area contributed by atoms with Crippen molar-refractivity contribution in [2.75, 3.05) is 18.1 Å². The first kappa shape index (κ1) is 28.9. The summed E-state index contributed by atoms with van der Waals surface area (Å²) >= 11 is 0. The van der Waals surface area contributed by atoms with Crippen molar-refractivity contribution in [1.82, 2.24) is 24.6 Å². The quantitative estimate of drug-likeness (QED) is 0.383. The Kier molecular flexibility index (Phi) is 6.86. The van der Waals surface area contributed by atoms with Gasteiger partial charge in [0.15, 0.2) is 17.8 Å². The van der Waals surface area contributed by atoms with Crippen molar-refractivity contribution < 1.29 is 35.8 Å². The van der Waals surface area contributed by atoms with Crippen LogP contribution < -0.4 is 19.0 Å². The van der Waals surface area contributed by atoms with Crippen molar-refractivity contribution in [3.63, 3.8) is 0 Å². The van der Waals surface area contributed by atoms with Gasteiger partial charge in [0, 0.05) is 24.3 Å². The van der Waals surface area contributed by atoms with Gasteiger partial charge in [0.05, 0.1) is 11.3 Å². The highest BCUT2D eigenvalue weighted by molar-refractivity contribution is 7.90. The number of sulfonamides is 1. The summed E-state index contributed by atoms with van der Waals surface area (Å²) in [6, 6.07) is 4.41. The maximum atomic E-state index is 13.4. The maximum Gasteiger partial charge on any atom is 0.397 e. The average molecular weight is 597 g/mol. The summed E-state index contributed by atoms with van der Waals surface area (Å²) in [6.45, 7) is 7.76. The van der Waals surface area contributed by atoms with Crippen molar-refractivity contribution in [2.45, 2.75) is 63.6 Å². The fraction of sp³-hybridized carbons (Fsp3) is 0.538. The molecule has 41 heavy (non-hydrogen) atoms. The summed E-state index contributed by atoms with van der Waals surface area (Å²) in [5.41, 5.74) is -1.79. The number of anilines is 1. The number of amides is 1. The third kappa shape index (κ3) is 5.51. The summed E-state index contributed by atoms with van der Waals surface area (Å²) < 4.78 is 76.3. The number of nitrogens with one attached hydrogen (secondary N) is 2. The van der Waals surface area contributed by atoms with Crippen LogP contribution in [0, 0.1) is 18.3 Å². The van der Waals surface area contributed by atoms with Crippen molar-refractivity contribution in [1.29, 1.82) is 0 Å². The van der Waals surface area contributed by atoms with E-state index in [1.54, 1.807) is 14.0 Å². The van der Waals surface area contributed by atoms with Gasteiger partial charge in [-0.15, -0.1) is 9.78 Å². The number of alkyl halides is 3. The first-order chi connectivity index (χ1) is 19.0. The molecular weight excluding hydrogens is 563 g/mol. The number of nitrogens with zero attached hydrogens (tertiary/aromatic N) is 5. The van der Waals surface area contributed by atoms with Gasteiger partial charge in [0.1, 0.15) is 17.8 Å². The van der Waals surface area contributed by atoms with Crippen LogP contribution in [0.3, 0.4) is 0 Å². The lowest BCUT2D eigenvalue weighted by Crippen LogP contribution is -2.41. The van der Waals surface area contributed by atoms with Gasteiger partial charge in [-0.05, 0) is 58.1 Å². The number of pyridine rings is 1. The first-order valence-corrected chi connectivity index (χ1v) is 14.7. The van der Waals surface area contributed by atoms with Crippen molar-refractivity contribution in [3.05, 3.63) is 41.9 Å². The van der Waals surface area contributed by atoms with E-state index in [9.17, 15) is 26.4 Å². The molecule has 2 N–H and O–H groups in total. The second-order valence-corrected chi connectivity index (χ2v) is 13.4. The summed E-state index contributed by atoms with van der Waals surface area (Å²) in [4.78, 5) is 20.0. The Morgan fingerprint density at radius 3 is 2.54 bits per heavy atom. The molecule has 5 rings (SSSR count). The minimum atomic E-state index is -4.34. The van der Waals surface area contributed by atoms with Crippen LogP contribution in [0.5, 0.6) is 5.88 Å². The van der Waals surface area contributed by atoms with E-state index in [2.05, 4.69) is 21.8 Å². The van der Waals surface area contributed by atoms with Gasteiger partial charge in [-0.25, -0.2) is 22.8 Å². The fourth-order valence-corrected chi connectivity index (χ4v) is 6.63. The predicted molar refractivity (Wildman–Crippen MR) is 141 cm³/mol. The van der Waals surface area contributed by atoms with Crippen molar-refractivity contribution in [2.24, 2.45) is 18.4 Å². The molecule has 1 saturated heterocycles. The third-order valence-corrected chi connectivity index (χ3v) is 9.17. The van der Waals surface area contributed by atoms with Crippen molar-refractivity contribution >= 4 is 21.7 Å². The predicted octanol–water partition coefficient (Wildman–Crippen LogP) is 3.19. The van der Waals surface area contributed by atoms with E-state index < -0.39 is 39.7 Å². The normalized spacial score (nSPS) is 19.8. The minimum Gasteiger partial charge on any atom is -0.476 e. The number of carbonyl (C=O) groups excluding carboxylic acids is 1. The molecule has 0 spiro atoms.